The molecule has 1 aromatic rings. The number of hydrogen-bond donors (Lipinski definition) is 4. The third-order valence-corrected chi connectivity index (χ3v) is 7.99. The van der Waals surface area contributed by atoms with Gasteiger partial charge in [0.2, 0.25) is 6.29 Å². The summed E-state index contributed by atoms with van der Waals surface area (Å²) >= 11 is 0. The molecule has 1 aromatic carbocycles. The molecule has 2 heterocycles. The number of carboxylic acids is 1. The highest BCUT2D eigenvalue weighted by atomic mass is 16.7. The number of piperidine rings is 1. The molecule has 2 aliphatic heterocycles. The molecule has 32 heavy (non-hydrogen) atoms. The van der Waals surface area contributed by atoms with Crippen molar-refractivity contribution in [1.82, 2.24) is 4.90 Å². The first-order valence-electron chi connectivity index (χ1n) is 11.2. The highest BCUT2D eigenvalue weighted by Gasteiger charge is 2.56. The number of Topliss-reactive ketones (excluding diaryl/α,β-unsaturated/α-hetero) is 1. The molecule has 0 unspecified atom stereocenters. The maximum Gasteiger partial charge on any atom is 0.335 e. The fourth-order valence-electron chi connectivity index (χ4n) is 6.38. The van der Waals surface area contributed by atoms with Crippen molar-refractivity contribution in [3.05, 3.63) is 29.3 Å². The number of nitrogens with zero attached hydrogens (tertiary/aromatic N) is 1. The molecular formula is C23H29NO8. The van der Waals surface area contributed by atoms with Crippen LogP contribution in [0.5, 0.6) is 5.75 Å². The molecule has 0 aromatic heterocycles. The minimum atomic E-state index is -1.78. The Morgan fingerprint density at radius 1 is 1.16 bits per heavy atom. The van der Waals surface area contributed by atoms with Crippen molar-refractivity contribution in [1.29, 1.82) is 0 Å². The number of fused-ring (bicyclic) bond motifs is 1. The molecule has 2 aliphatic carbocycles. The van der Waals surface area contributed by atoms with Crippen LogP contribution in [-0.4, -0.2) is 87.4 Å². The fourth-order valence-corrected chi connectivity index (χ4v) is 6.38. The van der Waals surface area contributed by atoms with Crippen molar-refractivity contribution in [2.45, 2.75) is 74.3 Å². The Bertz CT molecular complexity index is 937. The predicted octanol–water partition coefficient (Wildman–Crippen LogP) is 0.286. The number of likely N-dealkylation sites (N-methyl/N-ethyl adjacent to an activating group) is 1. The van der Waals surface area contributed by atoms with Gasteiger partial charge >= 0.3 is 5.97 Å². The zero-order valence-electron chi connectivity index (χ0n) is 17.9. The van der Waals surface area contributed by atoms with Crippen LogP contribution < -0.4 is 4.74 Å². The number of ketones is 1. The van der Waals surface area contributed by atoms with Crippen molar-refractivity contribution in [2.24, 2.45) is 5.92 Å². The standard InChI is InChI=1S/C23H29NO8/c1-24-9-8-23-7-3-2-4-13(23)15(24)16(25)12-6-5-11(10-14(12)23)31-22-19(28)17(26)18(27)20(32-22)21(29)30/h5-6,10,13,15,17-20,22,26-28H,2-4,7-9H2,1H3,(H,29,30)/t13-,15-,17+,18+,19-,20+,22-,23+/m1/s1. The smallest absolute Gasteiger partial charge is 0.335 e. The maximum absolute atomic E-state index is 13.4. The van der Waals surface area contributed by atoms with E-state index in [0.717, 1.165) is 44.2 Å². The van der Waals surface area contributed by atoms with E-state index in [9.17, 15) is 30.0 Å². The van der Waals surface area contributed by atoms with E-state index in [1.807, 2.05) is 13.1 Å². The number of ether oxygens (including phenoxy) is 2. The lowest BCUT2D eigenvalue weighted by Crippen LogP contribution is -2.62. The number of carboxylic acid groups (broad SMARTS) is 1. The summed E-state index contributed by atoms with van der Waals surface area (Å²) in [6, 6.07) is 5.05. The molecule has 9 nitrogen and oxygen atoms in total. The van der Waals surface area contributed by atoms with Gasteiger partial charge in [-0.15, -0.1) is 0 Å². The van der Waals surface area contributed by atoms with Gasteiger partial charge in [0.1, 0.15) is 24.1 Å². The van der Waals surface area contributed by atoms with E-state index >= 15 is 0 Å². The van der Waals surface area contributed by atoms with Crippen LogP contribution in [0.25, 0.3) is 0 Å². The molecule has 2 saturated heterocycles. The minimum absolute atomic E-state index is 0.108. The van der Waals surface area contributed by atoms with Gasteiger partial charge < -0.3 is 29.9 Å². The summed E-state index contributed by atoms with van der Waals surface area (Å²) in [4.78, 5) is 26.9. The van der Waals surface area contributed by atoms with Crippen LogP contribution in [0, 0.1) is 5.92 Å². The van der Waals surface area contributed by atoms with Gasteiger partial charge in [-0.3, -0.25) is 9.69 Å². The van der Waals surface area contributed by atoms with Crippen molar-refractivity contribution in [3.8, 4) is 5.75 Å². The average Bonchev–Trinajstić information content (AvgIpc) is 2.78. The number of rotatable bonds is 3. The first-order chi connectivity index (χ1) is 15.2. The number of likely N-dealkylation sites (tertiary alicyclic amines) is 1. The van der Waals surface area contributed by atoms with Crippen molar-refractivity contribution >= 4 is 11.8 Å². The van der Waals surface area contributed by atoms with E-state index in [-0.39, 0.29) is 23.2 Å². The van der Waals surface area contributed by atoms with E-state index in [2.05, 4.69) is 4.90 Å². The third-order valence-electron chi connectivity index (χ3n) is 7.99. The van der Waals surface area contributed by atoms with E-state index < -0.39 is 36.7 Å². The Morgan fingerprint density at radius 2 is 1.94 bits per heavy atom. The molecule has 5 rings (SSSR count). The Balaban J connectivity index is 1.49. The normalized spacial score (nSPS) is 41.5. The molecule has 0 radical (unpaired) electrons. The topological polar surface area (TPSA) is 137 Å². The second kappa shape index (κ2) is 7.78. The summed E-state index contributed by atoms with van der Waals surface area (Å²) < 4.78 is 11.0. The van der Waals surface area contributed by atoms with Gasteiger partial charge in [-0.05, 0) is 62.5 Å². The van der Waals surface area contributed by atoms with Crippen LogP contribution in [0.1, 0.15) is 48.0 Å². The number of benzene rings is 1. The molecule has 0 amide bonds. The number of hydrogen-bond acceptors (Lipinski definition) is 8. The first kappa shape index (κ1) is 21.8. The van der Waals surface area contributed by atoms with Crippen molar-refractivity contribution < 1.29 is 39.5 Å². The summed E-state index contributed by atoms with van der Waals surface area (Å²) in [7, 11) is 2.02. The summed E-state index contributed by atoms with van der Waals surface area (Å²) in [5, 5.41) is 39.5. The molecule has 4 aliphatic rings. The van der Waals surface area contributed by atoms with Gasteiger partial charge in [0.15, 0.2) is 11.9 Å². The van der Waals surface area contributed by atoms with Gasteiger partial charge in [-0.25, -0.2) is 4.79 Å². The second-order valence-corrected chi connectivity index (χ2v) is 9.61. The van der Waals surface area contributed by atoms with Gasteiger partial charge in [0.05, 0.1) is 6.04 Å². The Kier molecular flexibility index (Phi) is 5.29. The molecular weight excluding hydrogens is 418 g/mol. The second-order valence-electron chi connectivity index (χ2n) is 9.61. The van der Waals surface area contributed by atoms with Gasteiger partial charge in [-0.2, -0.15) is 0 Å². The SMILES string of the molecule is CN1CC[C@@]23CCCC[C@@H]2[C@@H]1C(=O)c1ccc(O[C@@H]2O[C@H](C(=O)O)[C@@H](O)[C@H](O)[C@H]2O)cc13. The van der Waals surface area contributed by atoms with Gasteiger partial charge in [0, 0.05) is 11.0 Å². The lowest BCUT2D eigenvalue weighted by Gasteiger charge is -2.57. The summed E-state index contributed by atoms with van der Waals surface area (Å²) in [6.45, 7) is 0.840. The molecule has 3 fully saturated rings. The largest absolute Gasteiger partial charge is 0.479 e. The van der Waals surface area contributed by atoms with Crippen LogP contribution >= 0.6 is 0 Å². The lowest BCUT2D eigenvalue weighted by molar-refractivity contribution is -0.271. The van der Waals surface area contributed by atoms with Gasteiger partial charge in [0.25, 0.3) is 0 Å². The zero-order valence-corrected chi connectivity index (χ0v) is 17.9. The number of aliphatic carboxylic acids is 1. The first-order valence-corrected chi connectivity index (χ1v) is 11.2. The van der Waals surface area contributed by atoms with E-state index in [1.54, 1.807) is 12.1 Å². The van der Waals surface area contributed by atoms with Crippen LogP contribution in [-0.2, 0) is 14.9 Å². The number of aliphatic hydroxyl groups is 3. The Labute approximate surface area is 185 Å². The Hall–Kier alpha value is -2.04. The predicted molar refractivity (Wildman–Crippen MR) is 110 cm³/mol. The van der Waals surface area contributed by atoms with E-state index in [1.165, 1.54) is 0 Å². The van der Waals surface area contributed by atoms with E-state index in [0.29, 0.717) is 11.3 Å². The van der Waals surface area contributed by atoms with Crippen LogP contribution in [0.4, 0.5) is 0 Å². The van der Waals surface area contributed by atoms with E-state index in [4.69, 9.17) is 9.47 Å². The Morgan fingerprint density at radius 3 is 2.69 bits per heavy atom. The summed E-state index contributed by atoms with van der Waals surface area (Å²) in [5.41, 5.74) is 1.54. The highest BCUT2D eigenvalue weighted by molar-refractivity contribution is 6.03. The third kappa shape index (κ3) is 3.10. The molecule has 4 N–H and O–H groups in total. The molecule has 174 valence electrons. The van der Waals surface area contributed by atoms with Crippen molar-refractivity contribution in [2.75, 3.05) is 13.6 Å². The number of carbonyl (C=O) groups excluding carboxylic acids is 1. The number of aliphatic hydroxyl groups excluding tert-OH is 3. The fraction of sp³-hybridized carbons (Fsp3) is 0.652. The maximum atomic E-state index is 13.4. The molecule has 8 atom stereocenters. The quantitative estimate of drug-likeness (QED) is 0.515. The average molecular weight is 447 g/mol. The molecule has 2 bridgehead atoms. The van der Waals surface area contributed by atoms with Gasteiger partial charge in [-0.1, -0.05) is 12.8 Å². The number of carbonyl (C=O) groups is 2. The molecule has 9 heteroatoms. The van der Waals surface area contributed by atoms with Crippen molar-refractivity contribution in [3.63, 3.8) is 0 Å². The highest BCUT2D eigenvalue weighted by Crippen LogP contribution is 2.56. The van der Waals surface area contributed by atoms with Crippen LogP contribution in [0.2, 0.25) is 0 Å². The lowest BCUT2D eigenvalue weighted by atomic mass is 9.52. The molecule has 0 spiro atoms. The van der Waals surface area contributed by atoms with Crippen LogP contribution in [0.15, 0.2) is 18.2 Å². The molecule has 1 saturated carbocycles. The monoisotopic (exact) mass is 447 g/mol. The summed E-state index contributed by atoms with van der Waals surface area (Å²) in [6.07, 6.45) is -3.19. The zero-order chi connectivity index (χ0) is 22.8. The van der Waals surface area contributed by atoms with Crippen LogP contribution in [0.3, 0.4) is 0 Å². The summed E-state index contributed by atoms with van der Waals surface area (Å²) in [5.74, 6) is -0.774. The minimum Gasteiger partial charge on any atom is -0.479 e.